The smallest absolute Gasteiger partial charge is 0.343 e. The Morgan fingerprint density at radius 3 is 2.60 bits per heavy atom. The Hall–Kier alpha value is -2.88. The fourth-order valence-electron chi connectivity index (χ4n) is 3.36. The minimum absolute atomic E-state index is 0.280. The molecular formula is C21H18O4. The average molecular weight is 334 g/mol. The first-order valence-corrected chi connectivity index (χ1v) is 8.41. The summed E-state index contributed by atoms with van der Waals surface area (Å²) in [6.07, 6.45) is 2.64. The topological polar surface area (TPSA) is 56.5 Å². The predicted molar refractivity (Wildman–Crippen MR) is 95.4 cm³/mol. The standard InChI is InChI=1S/C21H18O4/c1-12-6-7-14(10-13(12)2)20(22)24-15-8-9-17-16-4-3-5-18(16)21(23)25-19(17)11-15/h6-11H,3-5H2,1-2H3. The van der Waals surface area contributed by atoms with Gasteiger partial charge in [-0.1, -0.05) is 6.07 Å². The van der Waals surface area contributed by atoms with E-state index in [0.29, 0.717) is 16.9 Å². The van der Waals surface area contributed by atoms with Crippen LogP contribution in [-0.4, -0.2) is 5.97 Å². The van der Waals surface area contributed by atoms with Crippen LogP contribution < -0.4 is 10.4 Å². The molecule has 1 aromatic heterocycles. The van der Waals surface area contributed by atoms with Gasteiger partial charge in [-0.2, -0.15) is 0 Å². The lowest BCUT2D eigenvalue weighted by Gasteiger charge is -2.08. The van der Waals surface area contributed by atoms with Gasteiger partial charge in [-0.15, -0.1) is 0 Å². The van der Waals surface area contributed by atoms with Gasteiger partial charge in [0.1, 0.15) is 11.3 Å². The summed E-state index contributed by atoms with van der Waals surface area (Å²) in [6, 6.07) is 10.7. The molecule has 1 aliphatic carbocycles. The second kappa shape index (κ2) is 5.88. The number of hydrogen-bond acceptors (Lipinski definition) is 4. The third-order valence-electron chi connectivity index (χ3n) is 4.90. The first-order valence-electron chi connectivity index (χ1n) is 8.41. The van der Waals surface area contributed by atoms with Crippen LogP contribution >= 0.6 is 0 Å². The van der Waals surface area contributed by atoms with Crippen LogP contribution in [0, 0.1) is 13.8 Å². The third kappa shape index (κ3) is 2.74. The Labute approximate surface area is 145 Å². The summed E-state index contributed by atoms with van der Waals surface area (Å²) in [6.45, 7) is 3.95. The minimum atomic E-state index is -0.425. The highest BCUT2D eigenvalue weighted by molar-refractivity contribution is 5.92. The molecule has 1 heterocycles. The van der Waals surface area contributed by atoms with Gasteiger partial charge in [0.05, 0.1) is 5.56 Å². The normalized spacial score (nSPS) is 13.0. The largest absolute Gasteiger partial charge is 0.423 e. The summed E-state index contributed by atoms with van der Waals surface area (Å²) < 4.78 is 10.9. The number of esters is 1. The van der Waals surface area contributed by atoms with E-state index in [9.17, 15) is 9.59 Å². The van der Waals surface area contributed by atoms with Crippen LogP contribution in [0.3, 0.4) is 0 Å². The Morgan fingerprint density at radius 2 is 1.80 bits per heavy atom. The zero-order valence-electron chi connectivity index (χ0n) is 14.2. The van der Waals surface area contributed by atoms with Crippen LogP contribution in [0.4, 0.5) is 0 Å². The van der Waals surface area contributed by atoms with Gasteiger partial charge in [-0.05, 0) is 74.1 Å². The number of aryl methyl sites for hydroxylation is 3. The van der Waals surface area contributed by atoms with E-state index in [4.69, 9.17) is 9.15 Å². The first kappa shape index (κ1) is 15.6. The van der Waals surface area contributed by atoms with Crippen LogP contribution in [0.15, 0.2) is 45.6 Å². The summed E-state index contributed by atoms with van der Waals surface area (Å²) in [4.78, 5) is 24.4. The molecule has 1 aliphatic rings. The lowest BCUT2D eigenvalue weighted by atomic mass is 10.1. The van der Waals surface area contributed by atoms with Crippen molar-refractivity contribution in [1.29, 1.82) is 0 Å². The second-order valence-electron chi connectivity index (χ2n) is 6.55. The molecule has 0 aliphatic heterocycles. The first-order chi connectivity index (χ1) is 12.0. The zero-order valence-corrected chi connectivity index (χ0v) is 14.2. The lowest BCUT2D eigenvalue weighted by molar-refractivity contribution is 0.0735. The van der Waals surface area contributed by atoms with E-state index in [2.05, 4.69) is 0 Å². The molecule has 4 heteroatoms. The van der Waals surface area contributed by atoms with Crippen molar-refractivity contribution in [2.75, 3.05) is 0 Å². The van der Waals surface area contributed by atoms with Gasteiger partial charge in [0.15, 0.2) is 0 Å². The Balaban J connectivity index is 1.68. The summed E-state index contributed by atoms with van der Waals surface area (Å²) in [5.74, 6) is -0.0530. The molecule has 0 saturated heterocycles. The summed E-state index contributed by atoms with van der Waals surface area (Å²) in [5.41, 5.74) is 4.70. The van der Waals surface area contributed by atoms with E-state index in [-0.39, 0.29) is 5.63 Å². The molecule has 0 amide bonds. The maximum Gasteiger partial charge on any atom is 0.343 e. The third-order valence-corrected chi connectivity index (χ3v) is 4.90. The van der Waals surface area contributed by atoms with Crippen molar-refractivity contribution < 1.29 is 13.9 Å². The highest BCUT2D eigenvalue weighted by atomic mass is 16.5. The van der Waals surface area contributed by atoms with Gasteiger partial charge in [0.2, 0.25) is 0 Å². The van der Waals surface area contributed by atoms with Crippen LogP contribution in [-0.2, 0) is 12.8 Å². The monoisotopic (exact) mass is 334 g/mol. The highest BCUT2D eigenvalue weighted by Gasteiger charge is 2.20. The molecule has 0 atom stereocenters. The van der Waals surface area contributed by atoms with Crippen LogP contribution in [0.5, 0.6) is 5.75 Å². The van der Waals surface area contributed by atoms with Crippen molar-refractivity contribution >= 4 is 16.9 Å². The molecule has 0 spiro atoms. The second-order valence-corrected chi connectivity index (χ2v) is 6.55. The highest BCUT2D eigenvalue weighted by Crippen LogP contribution is 2.29. The van der Waals surface area contributed by atoms with E-state index in [1.54, 1.807) is 18.2 Å². The van der Waals surface area contributed by atoms with Gasteiger partial charge in [-0.25, -0.2) is 9.59 Å². The van der Waals surface area contributed by atoms with Crippen molar-refractivity contribution in [2.24, 2.45) is 0 Å². The molecule has 2 aromatic carbocycles. The molecule has 0 radical (unpaired) electrons. The maximum absolute atomic E-state index is 12.4. The molecule has 3 aromatic rings. The van der Waals surface area contributed by atoms with E-state index in [0.717, 1.165) is 46.9 Å². The van der Waals surface area contributed by atoms with Crippen molar-refractivity contribution in [3.05, 3.63) is 74.6 Å². The number of benzene rings is 2. The number of rotatable bonds is 2. The van der Waals surface area contributed by atoms with Gasteiger partial charge in [0, 0.05) is 17.0 Å². The van der Waals surface area contributed by atoms with Crippen molar-refractivity contribution in [1.82, 2.24) is 0 Å². The molecule has 0 bridgehead atoms. The van der Waals surface area contributed by atoms with E-state index >= 15 is 0 Å². The number of carbonyl (C=O) groups excluding carboxylic acids is 1. The number of fused-ring (bicyclic) bond motifs is 3. The fourth-order valence-corrected chi connectivity index (χ4v) is 3.36. The Bertz CT molecular complexity index is 1060. The fraction of sp³-hybridized carbons (Fsp3) is 0.238. The lowest BCUT2D eigenvalue weighted by Crippen LogP contribution is -2.10. The summed E-state index contributed by atoms with van der Waals surface area (Å²) >= 11 is 0. The van der Waals surface area contributed by atoms with E-state index < -0.39 is 5.97 Å². The van der Waals surface area contributed by atoms with Crippen LogP contribution in [0.25, 0.3) is 11.0 Å². The molecule has 0 unspecified atom stereocenters. The van der Waals surface area contributed by atoms with Crippen LogP contribution in [0.1, 0.15) is 39.0 Å². The SMILES string of the molecule is Cc1ccc(C(=O)Oc2ccc3c4c(c(=O)oc3c2)CCC4)cc1C. The van der Waals surface area contributed by atoms with Crippen molar-refractivity contribution in [3.8, 4) is 5.75 Å². The summed E-state index contributed by atoms with van der Waals surface area (Å²) in [7, 11) is 0. The van der Waals surface area contributed by atoms with E-state index in [1.807, 2.05) is 32.0 Å². The van der Waals surface area contributed by atoms with Crippen molar-refractivity contribution in [2.45, 2.75) is 33.1 Å². The van der Waals surface area contributed by atoms with E-state index in [1.165, 1.54) is 0 Å². The zero-order chi connectivity index (χ0) is 17.6. The molecule has 0 fully saturated rings. The Morgan fingerprint density at radius 1 is 1.00 bits per heavy atom. The maximum atomic E-state index is 12.4. The molecule has 126 valence electrons. The minimum Gasteiger partial charge on any atom is -0.423 e. The molecule has 4 nitrogen and oxygen atoms in total. The average Bonchev–Trinajstić information content (AvgIpc) is 3.07. The molecule has 25 heavy (non-hydrogen) atoms. The summed E-state index contributed by atoms with van der Waals surface area (Å²) in [5, 5.41) is 0.929. The molecular weight excluding hydrogens is 316 g/mol. The quantitative estimate of drug-likeness (QED) is 0.402. The Kier molecular flexibility index (Phi) is 3.68. The van der Waals surface area contributed by atoms with Crippen molar-refractivity contribution in [3.63, 3.8) is 0 Å². The van der Waals surface area contributed by atoms with Gasteiger partial charge < -0.3 is 9.15 Å². The van der Waals surface area contributed by atoms with Gasteiger partial charge in [-0.3, -0.25) is 0 Å². The molecule has 4 rings (SSSR count). The van der Waals surface area contributed by atoms with Gasteiger partial charge >= 0.3 is 11.6 Å². The van der Waals surface area contributed by atoms with Gasteiger partial charge in [0.25, 0.3) is 0 Å². The number of ether oxygens (including phenoxy) is 1. The predicted octanol–water partition coefficient (Wildman–Crippen LogP) is 4.12. The molecule has 0 N–H and O–H groups in total. The number of carbonyl (C=O) groups is 1. The number of hydrogen-bond donors (Lipinski definition) is 0. The van der Waals surface area contributed by atoms with Crippen LogP contribution in [0.2, 0.25) is 0 Å². The molecule has 0 saturated carbocycles.